The Morgan fingerprint density at radius 1 is 0.484 bits per heavy atom. The van der Waals surface area contributed by atoms with E-state index in [9.17, 15) is 14.3 Å². The van der Waals surface area contributed by atoms with Crippen molar-refractivity contribution >= 4 is 13.8 Å². The zero-order valence-corrected chi connectivity index (χ0v) is 42.4. The molecule has 0 rings (SSSR count). The quantitative estimate of drug-likeness (QED) is 0.0268. The van der Waals surface area contributed by atoms with Crippen LogP contribution in [-0.2, 0) is 27.9 Å². The zero-order chi connectivity index (χ0) is 46.5. The van der Waals surface area contributed by atoms with Crippen molar-refractivity contribution < 1.29 is 32.8 Å². The topological polar surface area (TPSA) is 117 Å². The summed E-state index contributed by atoms with van der Waals surface area (Å²) in [6, 6.07) is 0. The zero-order valence-electron chi connectivity index (χ0n) is 41.5. The minimum absolute atomic E-state index is 0.0972. The molecule has 2 unspecified atom stereocenters. The summed E-state index contributed by atoms with van der Waals surface area (Å²) in [5.74, 6) is -0.335. The maximum Gasteiger partial charge on any atom is 0.472 e. The predicted molar refractivity (Wildman–Crippen MR) is 275 cm³/mol. The van der Waals surface area contributed by atoms with Gasteiger partial charge in [-0.25, -0.2) is 4.57 Å². The first-order valence-electron chi connectivity index (χ1n) is 26.4. The van der Waals surface area contributed by atoms with Crippen molar-refractivity contribution in [1.29, 1.82) is 0 Å². The fourth-order valence-corrected chi connectivity index (χ4v) is 8.02. The average molecular weight is 918 g/mol. The highest BCUT2D eigenvalue weighted by Gasteiger charge is 2.25. The number of carbonyl (C=O) groups excluding carboxylic acids is 1. The number of ether oxygens (including phenoxy) is 2. The lowest BCUT2D eigenvalue weighted by molar-refractivity contribution is -0.154. The van der Waals surface area contributed by atoms with E-state index in [0.29, 0.717) is 13.0 Å². The van der Waals surface area contributed by atoms with Gasteiger partial charge in [-0.2, -0.15) is 0 Å². The largest absolute Gasteiger partial charge is 0.472 e. The standard InChI is InChI=1S/C55H100NO7P/c1-3-5-7-9-11-13-15-17-19-21-23-24-25-26-27-28-29-31-33-35-37-39-41-43-45-47-50-60-52-54(53-62-64(58,59)61-51-49-56)63-55(57)48-46-44-42-40-38-36-34-32-30-22-20-18-16-14-12-10-8-6-4-2/h5,7,11-14,17-20,23-24,54H,3-4,6,8-10,15-16,21-22,25-53,56H2,1-2H3,(H,58,59)/b7-5-,13-11-,14-12-,19-17-,20-18-,24-23-. The molecule has 9 heteroatoms. The number of hydrogen-bond donors (Lipinski definition) is 2. The highest BCUT2D eigenvalue weighted by molar-refractivity contribution is 7.47. The average Bonchev–Trinajstić information content (AvgIpc) is 3.29. The third kappa shape index (κ3) is 50.9. The first-order chi connectivity index (χ1) is 31.4. The number of allylic oxidation sites excluding steroid dienone is 12. The van der Waals surface area contributed by atoms with E-state index in [-0.39, 0.29) is 32.3 Å². The van der Waals surface area contributed by atoms with Crippen molar-refractivity contribution in [3.63, 3.8) is 0 Å². The van der Waals surface area contributed by atoms with E-state index in [0.717, 1.165) is 64.2 Å². The molecule has 3 N–H and O–H groups in total. The fraction of sp³-hybridized carbons (Fsp3) is 0.764. The third-order valence-electron chi connectivity index (χ3n) is 11.1. The van der Waals surface area contributed by atoms with Gasteiger partial charge in [0.15, 0.2) is 0 Å². The molecule has 64 heavy (non-hydrogen) atoms. The lowest BCUT2D eigenvalue weighted by atomic mass is 10.0. The molecule has 0 saturated carbocycles. The van der Waals surface area contributed by atoms with Crippen LogP contribution in [0.4, 0.5) is 0 Å². The Morgan fingerprint density at radius 3 is 1.31 bits per heavy atom. The Balaban J connectivity index is 3.92. The Morgan fingerprint density at radius 2 is 0.875 bits per heavy atom. The van der Waals surface area contributed by atoms with E-state index in [1.807, 2.05) is 0 Å². The van der Waals surface area contributed by atoms with Crippen molar-refractivity contribution in [3.8, 4) is 0 Å². The smallest absolute Gasteiger partial charge is 0.457 e. The van der Waals surface area contributed by atoms with Gasteiger partial charge in [0, 0.05) is 19.6 Å². The van der Waals surface area contributed by atoms with Gasteiger partial charge in [0.25, 0.3) is 0 Å². The summed E-state index contributed by atoms with van der Waals surface area (Å²) >= 11 is 0. The molecule has 0 aliphatic heterocycles. The van der Waals surface area contributed by atoms with Crippen LogP contribution in [0.5, 0.6) is 0 Å². The summed E-state index contributed by atoms with van der Waals surface area (Å²) in [6.45, 7) is 4.80. The molecule has 0 aliphatic carbocycles. The monoisotopic (exact) mass is 918 g/mol. The number of rotatable bonds is 50. The Labute approximate surface area is 395 Å². The number of carbonyl (C=O) groups is 1. The summed E-state index contributed by atoms with van der Waals surface area (Å²) in [4.78, 5) is 22.6. The molecular formula is C55H100NO7P. The maximum atomic E-state index is 12.7. The van der Waals surface area contributed by atoms with Crippen LogP contribution in [0.25, 0.3) is 0 Å². The molecule has 0 bridgehead atoms. The number of phosphoric acid groups is 1. The van der Waals surface area contributed by atoms with E-state index in [2.05, 4.69) is 86.8 Å². The van der Waals surface area contributed by atoms with Crippen LogP contribution in [-0.4, -0.2) is 49.9 Å². The number of hydrogen-bond acceptors (Lipinski definition) is 7. The second kappa shape index (κ2) is 51.9. The summed E-state index contributed by atoms with van der Waals surface area (Å²) in [7, 11) is -4.29. The van der Waals surface area contributed by atoms with Crippen LogP contribution >= 0.6 is 7.82 Å². The first kappa shape index (κ1) is 61.9. The highest BCUT2D eigenvalue weighted by Crippen LogP contribution is 2.43. The van der Waals surface area contributed by atoms with Gasteiger partial charge in [-0.05, 0) is 83.5 Å². The molecule has 0 aromatic rings. The highest BCUT2D eigenvalue weighted by atomic mass is 31.2. The molecular weight excluding hydrogens is 818 g/mol. The van der Waals surface area contributed by atoms with E-state index >= 15 is 0 Å². The van der Waals surface area contributed by atoms with Crippen molar-refractivity contribution in [3.05, 3.63) is 72.9 Å². The van der Waals surface area contributed by atoms with Gasteiger partial charge in [0.2, 0.25) is 0 Å². The molecule has 372 valence electrons. The van der Waals surface area contributed by atoms with Crippen LogP contribution in [0.1, 0.15) is 232 Å². The van der Waals surface area contributed by atoms with Gasteiger partial charge in [-0.1, -0.05) is 215 Å². The molecule has 0 radical (unpaired) electrons. The Kier molecular flexibility index (Phi) is 50.2. The molecule has 0 fully saturated rings. The lowest BCUT2D eigenvalue weighted by Crippen LogP contribution is -2.28. The maximum absolute atomic E-state index is 12.7. The van der Waals surface area contributed by atoms with E-state index in [4.69, 9.17) is 24.3 Å². The third-order valence-corrected chi connectivity index (χ3v) is 12.1. The summed E-state index contributed by atoms with van der Waals surface area (Å²) < 4.78 is 33.6. The summed E-state index contributed by atoms with van der Waals surface area (Å²) in [6.07, 6.45) is 66.5. The summed E-state index contributed by atoms with van der Waals surface area (Å²) in [5, 5.41) is 0. The second-order valence-corrected chi connectivity index (χ2v) is 18.8. The van der Waals surface area contributed by atoms with Crippen molar-refractivity contribution in [2.24, 2.45) is 5.73 Å². The van der Waals surface area contributed by atoms with Crippen LogP contribution in [0.2, 0.25) is 0 Å². The number of phosphoric ester groups is 1. The molecule has 0 spiro atoms. The van der Waals surface area contributed by atoms with Gasteiger partial charge in [0.1, 0.15) is 6.10 Å². The lowest BCUT2D eigenvalue weighted by Gasteiger charge is -2.20. The number of esters is 1. The van der Waals surface area contributed by atoms with Crippen molar-refractivity contribution in [2.45, 2.75) is 238 Å². The summed E-state index contributed by atoms with van der Waals surface area (Å²) in [5.41, 5.74) is 5.39. The van der Waals surface area contributed by atoms with Crippen molar-refractivity contribution in [2.75, 3.05) is 33.0 Å². The van der Waals surface area contributed by atoms with Gasteiger partial charge < -0.3 is 20.1 Å². The Hall–Kier alpha value is -2.06. The van der Waals surface area contributed by atoms with E-state index in [1.165, 1.54) is 148 Å². The number of unbranched alkanes of at least 4 members (excludes halogenated alkanes) is 25. The van der Waals surface area contributed by atoms with Crippen molar-refractivity contribution in [1.82, 2.24) is 0 Å². The van der Waals surface area contributed by atoms with Gasteiger partial charge >= 0.3 is 13.8 Å². The van der Waals surface area contributed by atoms with E-state index in [1.54, 1.807) is 0 Å². The molecule has 2 atom stereocenters. The molecule has 0 heterocycles. The second-order valence-electron chi connectivity index (χ2n) is 17.4. The first-order valence-corrected chi connectivity index (χ1v) is 27.9. The SMILES string of the molecule is CC/C=C\C/C=C\C/C=C\C/C=C\CCCCCCCCCCCCCCCOCC(COP(=O)(O)OCCN)OC(=O)CCCCCCCCCCC/C=C\C/C=C\CCCCC. The van der Waals surface area contributed by atoms with Crippen LogP contribution < -0.4 is 5.73 Å². The van der Waals surface area contributed by atoms with Crippen LogP contribution in [0.15, 0.2) is 72.9 Å². The minimum Gasteiger partial charge on any atom is -0.457 e. The molecule has 0 amide bonds. The van der Waals surface area contributed by atoms with Gasteiger partial charge in [-0.3, -0.25) is 13.8 Å². The van der Waals surface area contributed by atoms with Gasteiger partial charge in [0.05, 0.1) is 19.8 Å². The normalized spacial score (nSPS) is 13.9. The number of nitrogens with two attached hydrogens (primary N) is 1. The molecule has 0 saturated heterocycles. The van der Waals surface area contributed by atoms with Gasteiger partial charge in [-0.15, -0.1) is 0 Å². The minimum atomic E-state index is -4.29. The molecule has 0 aromatic heterocycles. The predicted octanol–water partition coefficient (Wildman–Crippen LogP) is 16.6. The fourth-order valence-electron chi connectivity index (χ4n) is 7.25. The molecule has 8 nitrogen and oxygen atoms in total. The van der Waals surface area contributed by atoms with E-state index < -0.39 is 13.9 Å². The van der Waals surface area contributed by atoms with Crippen LogP contribution in [0, 0.1) is 0 Å². The molecule has 0 aromatic carbocycles. The van der Waals surface area contributed by atoms with Crippen LogP contribution in [0.3, 0.4) is 0 Å². The molecule has 0 aliphatic rings. The Bertz CT molecular complexity index is 1210.